The van der Waals surface area contributed by atoms with Crippen molar-refractivity contribution in [3.8, 4) is 0 Å². The van der Waals surface area contributed by atoms with Crippen LogP contribution >= 0.6 is 22.7 Å². The first-order valence-electron chi connectivity index (χ1n) is 7.98. The number of thiophene rings is 1. The number of aromatic nitrogens is 1. The zero-order valence-corrected chi connectivity index (χ0v) is 15.5. The van der Waals surface area contributed by atoms with Gasteiger partial charge in [0, 0.05) is 11.4 Å². The molecule has 0 aliphatic rings. The van der Waals surface area contributed by atoms with Gasteiger partial charge in [-0.2, -0.15) is 0 Å². The minimum absolute atomic E-state index is 0.0574. The highest BCUT2D eigenvalue weighted by Crippen LogP contribution is 2.28. The quantitative estimate of drug-likeness (QED) is 0.699. The van der Waals surface area contributed by atoms with Crippen LogP contribution in [0.1, 0.15) is 22.9 Å². The number of hydrogen-bond donors (Lipinski definition) is 1. The second-order valence-corrected chi connectivity index (χ2v) is 7.88. The number of rotatable bonds is 7. The summed E-state index contributed by atoms with van der Waals surface area (Å²) in [6.07, 6.45) is 0.889. The Hall–Kier alpha value is -1.76. The van der Waals surface area contributed by atoms with E-state index in [2.05, 4.69) is 34.7 Å². The molecule has 0 fully saturated rings. The molecule has 3 aromatic rings. The van der Waals surface area contributed by atoms with Crippen LogP contribution in [0.2, 0.25) is 0 Å². The van der Waals surface area contributed by atoms with E-state index in [-0.39, 0.29) is 11.9 Å². The van der Waals surface area contributed by atoms with Gasteiger partial charge in [-0.3, -0.25) is 9.69 Å². The van der Waals surface area contributed by atoms with Crippen molar-refractivity contribution in [3.63, 3.8) is 0 Å². The number of para-hydroxylation sites is 1. The summed E-state index contributed by atoms with van der Waals surface area (Å²) >= 11 is 3.42. The molecule has 0 bridgehead atoms. The highest BCUT2D eigenvalue weighted by atomic mass is 32.1. The van der Waals surface area contributed by atoms with E-state index in [1.165, 1.54) is 9.58 Å². The molecule has 3 rings (SSSR count). The Labute approximate surface area is 150 Å². The molecule has 0 radical (unpaired) electrons. The molecule has 24 heavy (non-hydrogen) atoms. The zero-order chi connectivity index (χ0) is 16.9. The first-order valence-corrected chi connectivity index (χ1v) is 9.68. The average Bonchev–Trinajstić information content (AvgIpc) is 3.23. The largest absolute Gasteiger partial charge is 0.355 e. The number of nitrogens with zero attached hydrogens (tertiary/aromatic N) is 2. The summed E-state index contributed by atoms with van der Waals surface area (Å²) in [6.45, 7) is 3.15. The van der Waals surface area contributed by atoms with Crippen LogP contribution in [-0.2, 0) is 11.2 Å². The Balaban J connectivity index is 1.51. The van der Waals surface area contributed by atoms with Crippen molar-refractivity contribution in [2.45, 2.75) is 19.4 Å². The SMILES string of the molecule is C[C@@H](c1nc2ccccc2s1)N(C)CC(=O)NCCc1cccs1. The van der Waals surface area contributed by atoms with E-state index < -0.39 is 0 Å². The van der Waals surface area contributed by atoms with Gasteiger partial charge < -0.3 is 5.32 Å². The summed E-state index contributed by atoms with van der Waals surface area (Å²) in [7, 11) is 1.97. The van der Waals surface area contributed by atoms with Gasteiger partial charge in [0.2, 0.25) is 5.91 Å². The first kappa shape index (κ1) is 17.1. The zero-order valence-electron chi connectivity index (χ0n) is 13.9. The third kappa shape index (κ3) is 4.20. The predicted molar refractivity (Wildman–Crippen MR) is 102 cm³/mol. The molecule has 6 heteroatoms. The number of hydrogen-bond acceptors (Lipinski definition) is 5. The Morgan fingerprint density at radius 3 is 2.88 bits per heavy atom. The van der Waals surface area contributed by atoms with Gasteiger partial charge in [-0.25, -0.2) is 4.98 Å². The molecule has 0 aliphatic heterocycles. The van der Waals surface area contributed by atoms with Crippen molar-refractivity contribution in [1.29, 1.82) is 0 Å². The summed E-state index contributed by atoms with van der Waals surface area (Å²) in [6, 6.07) is 12.4. The summed E-state index contributed by atoms with van der Waals surface area (Å²) in [5.74, 6) is 0.0574. The van der Waals surface area contributed by atoms with Crippen LogP contribution in [-0.4, -0.2) is 35.9 Å². The van der Waals surface area contributed by atoms with Gasteiger partial charge in [0.25, 0.3) is 0 Å². The van der Waals surface area contributed by atoms with Crippen LogP contribution in [0.3, 0.4) is 0 Å². The summed E-state index contributed by atoms with van der Waals surface area (Å²) in [5, 5.41) is 6.10. The number of fused-ring (bicyclic) bond motifs is 1. The van der Waals surface area contributed by atoms with Crippen LogP contribution in [0.5, 0.6) is 0 Å². The molecule has 4 nitrogen and oxygen atoms in total. The van der Waals surface area contributed by atoms with Crippen LogP contribution in [0.4, 0.5) is 0 Å². The number of carbonyl (C=O) groups excluding carboxylic acids is 1. The van der Waals surface area contributed by atoms with Crippen molar-refractivity contribution in [1.82, 2.24) is 15.2 Å². The van der Waals surface area contributed by atoms with Gasteiger partial charge in [0.1, 0.15) is 5.01 Å². The summed E-state index contributed by atoms with van der Waals surface area (Å²) in [5.41, 5.74) is 1.03. The second-order valence-electron chi connectivity index (χ2n) is 5.79. The van der Waals surface area contributed by atoms with Gasteiger partial charge in [-0.1, -0.05) is 18.2 Å². The monoisotopic (exact) mass is 359 g/mol. The molecule has 1 atom stereocenters. The fraction of sp³-hybridized carbons (Fsp3) is 0.333. The highest BCUT2D eigenvalue weighted by Gasteiger charge is 2.18. The lowest BCUT2D eigenvalue weighted by atomic mass is 10.3. The third-order valence-electron chi connectivity index (χ3n) is 4.00. The Morgan fingerprint density at radius 2 is 2.12 bits per heavy atom. The average molecular weight is 360 g/mol. The molecule has 0 saturated heterocycles. The first-order chi connectivity index (χ1) is 11.6. The molecule has 1 aromatic carbocycles. The van der Waals surface area contributed by atoms with Crippen molar-refractivity contribution < 1.29 is 4.79 Å². The van der Waals surface area contributed by atoms with E-state index in [9.17, 15) is 4.79 Å². The maximum absolute atomic E-state index is 12.1. The second kappa shape index (κ2) is 7.88. The Bertz CT molecular complexity index is 765. The lowest BCUT2D eigenvalue weighted by molar-refractivity contribution is -0.122. The minimum Gasteiger partial charge on any atom is -0.355 e. The summed E-state index contributed by atoms with van der Waals surface area (Å²) in [4.78, 5) is 20.1. The number of likely N-dealkylation sites (N-methyl/N-ethyl adjacent to an activating group) is 1. The molecule has 0 aliphatic carbocycles. The number of thiazole rings is 1. The fourth-order valence-electron chi connectivity index (χ4n) is 2.46. The summed E-state index contributed by atoms with van der Waals surface area (Å²) < 4.78 is 1.19. The normalized spacial score (nSPS) is 12.6. The van der Waals surface area contributed by atoms with E-state index in [1.807, 2.05) is 36.2 Å². The van der Waals surface area contributed by atoms with Crippen molar-refractivity contribution in [2.75, 3.05) is 20.1 Å². The molecule has 1 amide bonds. The Kier molecular flexibility index (Phi) is 5.60. The van der Waals surface area contributed by atoms with Gasteiger partial charge in [0.15, 0.2) is 0 Å². The smallest absolute Gasteiger partial charge is 0.234 e. The molecule has 0 unspecified atom stereocenters. The molecular formula is C18H21N3OS2. The van der Waals surface area contributed by atoms with E-state index in [1.54, 1.807) is 22.7 Å². The van der Waals surface area contributed by atoms with Crippen LogP contribution < -0.4 is 5.32 Å². The maximum atomic E-state index is 12.1. The molecule has 1 N–H and O–H groups in total. The molecule has 2 heterocycles. The van der Waals surface area contributed by atoms with Crippen molar-refractivity contribution >= 4 is 38.8 Å². The van der Waals surface area contributed by atoms with Gasteiger partial charge >= 0.3 is 0 Å². The molecule has 0 saturated carbocycles. The van der Waals surface area contributed by atoms with Crippen LogP contribution in [0.25, 0.3) is 10.2 Å². The van der Waals surface area contributed by atoms with E-state index in [0.29, 0.717) is 13.1 Å². The molecule has 126 valence electrons. The predicted octanol–water partition coefficient (Wildman–Crippen LogP) is 3.71. The van der Waals surface area contributed by atoms with Crippen LogP contribution in [0, 0.1) is 0 Å². The third-order valence-corrected chi connectivity index (χ3v) is 6.14. The van der Waals surface area contributed by atoms with Crippen LogP contribution in [0.15, 0.2) is 41.8 Å². The fourth-order valence-corrected chi connectivity index (χ4v) is 4.25. The van der Waals surface area contributed by atoms with E-state index >= 15 is 0 Å². The van der Waals surface area contributed by atoms with Crippen molar-refractivity contribution in [2.24, 2.45) is 0 Å². The van der Waals surface area contributed by atoms with Gasteiger partial charge in [0.05, 0.1) is 22.8 Å². The Morgan fingerprint density at radius 1 is 1.29 bits per heavy atom. The van der Waals surface area contributed by atoms with E-state index in [0.717, 1.165) is 16.9 Å². The number of benzene rings is 1. The number of carbonyl (C=O) groups is 1. The van der Waals surface area contributed by atoms with Crippen molar-refractivity contribution in [3.05, 3.63) is 51.7 Å². The molecule has 2 aromatic heterocycles. The van der Waals surface area contributed by atoms with Gasteiger partial charge in [-0.15, -0.1) is 22.7 Å². The molecule has 0 spiro atoms. The standard InChI is InChI=1S/C18H21N3OS2/c1-13(18-20-15-7-3-4-8-16(15)24-18)21(2)12-17(22)19-10-9-14-6-5-11-23-14/h3-8,11,13H,9-10,12H2,1-2H3,(H,19,22)/t13-/m0/s1. The highest BCUT2D eigenvalue weighted by molar-refractivity contribution is 7.18. The lowest BCUT2D eigenvalue weighted by Crippen LogP contribution is -2.37. The van der Waals surface area contributed by atoms with Gasteiger partial charge in [-0.05, 0) is 44.0 Å². The molecular weight excluding hydrogens is 338 g/mol. The number of amides is 1. The lowest BCUT2D eigenvalue weighted by Gasteiger charge is -2.22. The maximum Gasteiger partial charge on any atom is 0.234 e. The minimum atomic E-state index is 0.0574. The topological polar surface area (TPSA) is 45.2 Å². The number of nitrogens with one attached hydrogen (secondary N) is 1. The van der Waals surface area contributed by atoms with E-state index in [4.69, 9.17) is 0 Å².